The molecule has 2 N–H and O–H groups in total. The highest BCUT2D eigenvalue weighted by atomic mass is 19.4. The molecule has 4 rings (SSSR count). The summed E-state index contributed by atoms with van der Waals surface area (Å²) in [6.45, 7) is 1.09. The van der Waals surface area contributed by atoms with Gasteiger partial charge in [-0.2, -0.15) is 18.3 Å². The summed E-state index contributed by atoms with van der Waals surface area (Å²) in [7, 11) is 0. The van der Waals surface area contributed by atoms with Crippen molar-refractivity contribution in [1.29, 1.82) is 0 Å². The van der Waals surface area contributed by atoms with Crippen LogP contribution in [0.5, 0.6) is 0 Å². The number of nitrogens with zero attached hydrogens (tertiary/aromatic N) is 3. The lowest BCUT2D eigenvalue weighted by atomic mass is 9.80. The van der Waals surface area contributed by atoms with Crippen molar-refractivity contribution in [3.8, 4) is 11.1 Å². The minimum Gasteiger partial charge on any atom is -0.455 e. The van der Waals surface area contributed by atoms with Gasteiger partial charge in [-0.15, -0.1) is 0 Å². The lowest BCUT2D eigenvalue weighted by Crippen LogP contribution is -2.40. The van der Waals surface area contributed by atoms with E-state index >= 15 is 0 Å². The van der Waals surface area contributed by atoms with Gasteiger partial charge in [-0.1, -0.05) is 42.5 Å². The van der Waals surface area contributed by atoms with Gasteiger partial charge in [0.2, 0.25) is 0 Å². The van der Waals surface area contributed by atoms with Crippen LogP contribution in [0.25, 0.3) is 16.8 Å². The molecule has 10 heteroatoms. The number of fused-ring (bicyclic) bond motifs is 1. The van der Waals surface area contributed by atoms with Crippen molar-refractivity contribution in [3.63, 3.8) is 0 Å². The van der Waals surface area contributed by atoms with E-state index in [1.807, 2.05) is 30.3 Å². The number of primary amides is 1. The molecule has 0 radical (unpaired) electrons. The lowest BCUT2D eigenvalue weighted by molar-refractivity contribution is -0.153. The molecule has 7 nitrogen and oxygen atoms in total. The zero-order valence-electron chi connectivity index (χ0n) is 18.6. The van der Waals surface area contributed by atoms with Crippen molar-refractivity contribution in [2.24, 2.45) is 5.73 Å². The minimum atomic E-state index is -4.45. The van der Waals surface area contributed by atoms with Gasteiger partial charge in [0.15, 0.2) is 12.3 Å². The summed E-state index contributed by atoms with van der Waals surface area (Å²) in [5.74, 6) is -1.47. The molecule has 0 bridgehead atoms. The van der Waals surface area contributed by atoms with E-state index in [-0.39, 0.29) is 6.42 Å². The molecule has 35 heavy (non-hydrogen) atoms. The van der Waals surface area contributed by atoms with Crippen LogP contribution >= 0.6 is 0 Å². The molecule has 2 aromatic heterocycles. The fourth-order valence-corrected chi connectivity index (χ4v) is 3.92. The summed E-state index contributed by atoms with van der Waals surface area (Å²) in [5.41, 5.74) is 5.70. The molecule has 2 heterocycles. The molecule has 2 aromatic carbocycles. The molecule has 0 aliphatic carbocycles. The van der Waals surface area contributed by atoms with Gasteiger partial charge in [-0.3, -0.25) is 9.59 Å². The molecular formula is C25H21F3N4O3. The SMILES string of the molecule is CC(Cc1ccccc1)(C(=O)OCC(N)=O)c1ccnc2c(-c3ccc(C(F)(F)F)cc3)cnn12. The van der Waals surface area contributed by atoms with Gasteiger partial charge in [-0.05, 0) is 42.7 Å². The summed E-state index contributed by atoms with van der Waals surface area (Å²) >= 11 is 0. The Balaban J connectivity index is 1.80. The summed E-state index contributed by atoms with van der Waals surface area (Å²) in [4.78, 5) is 28.8. The molecule has 0 aliphatic rings. The van der Waals surface area contributed by atoms with Crippen molar-refractivity contribution >= 4 is 17.5 Å². The van der Waals surface area contributed by atoms with E-state index in [0.717, 1.165) is 17.7 Å². The molecule has 0 spiro atoms. The number of carbonyl (C=O) groups excluding carboxylic acids is 2. The van der Waals surface area contributed by atoms with Crippen LogP contribution < -0.4 is 5.73 Å². The van der Waals surface area contributed by atoms with Gasteiger partial charge < -0.3 is 10.5 Å². The zero-order valence-corrected chi connectivity index (χ0v) is 18.6. The van der Waals surface area contributed by atoms with Gasteiger partial charge in [0, 0.05) is 11.8 Å². The molecule has 4 aromatic rings. The first kappa shape index (κ1) is 23.9. The number of aromatic nitrogens is 3. The van der Waals surface area contributed by atoms with Crippen molar-refractivity contribution in [1.82, 2.24) is 14.6 Å². The number of halogens is 3. The number of ether oxygens (including phenoxy) is 1. The Labute approximate surface area is 198 Å². The van der Waals surface area contributed by atoms with E-state index in [9.17, 15) is 22.8 Å². The fourth-order valence-electron chi connectivity index (χ4n) is 3.92. The van der Waals surface area contributed by atoms with E-state index in [1.165, 1.54) is 29.0 Å². The Morgan fingerprint density at radius 2 is 1.71 bits per heavy atom. The Morgan fingerprint density at radius 3 is 2.34 bits per heavy atom. The van der Waals surface area contributed by atoms with Gasteiger partial charge in [0.1, 0.15) is 5.41 Å². The van der Waals surface area contributed by atoms with Gasteiger partial charge in [-0.25, -0.2) is 9.50 Å². The van der Waals surface area contributed by atoms with E-state index in [0.29, 0.717) is 22.5 Å². The van der Waals surface area contributed by atoms with E-state index in [4.69, 9.17) is 10.5 Å². The maximum atomic E-state index is 13.2. The van der Waals surface area contributed by atoms with Crippen LogP contribution in [0.1, 0.15) is 23.7 Å². The number of amides is 1. The molecule has 0 fully saturated rings. The number of alkyl halides is 3. The summed E-state index contributed by atoms with van der Waals surface area (Å²) in [6.07, 6.45) is -1.26. The van der Waals surface area contributed by atoms with Gasteiger partial charge in [0.05, 0.1) is 17.5 Å². The second-order valence-corrected chi connectivity index (χ2v) is 8.24. The predicted octanol–water partition coefficient (Wildman–Crippen LogP) is 3.94. The third kappa shape index (κ3) is 4.86. The first-order valence-corrected chi connectivity index (χ1v) is 10.6. The second kappa shape index (κ2) is 9.21. The van der Waals surface area contributed by atoms with Crippen molar-refractivity contribution in [2.45, 2.75) is 24.9 Å². The molecule has 0 saturated carbocycles. The van der Waals surface area contributed by atoms with Crippen molar-refractivity contribution < 1.29 is 27.5 Å². The Bertz CT molecular complexity index is 1370. The number of carbonyl (C=O) groups is 2. The molecule has 1 atom stereocenters. The number of hydrogen-bond donors (Lipinski definition) is 1. The number of benzene rings is 2. The highest BCUT2D eigenvalue weighted by Gasteiger charge is 2.40. The van der Waals surface area contributed by atoms with Crippen LogP contribution in [-0.4, -0.2) is 33.1 Å². The Morgan fingerprint density at radius 1 is 1.03 bits per heavy atom. The number of hydrogen-bond acceptors (Lipinski definition) is 5. The van der Waals surface area contributed by atoms with Gasteiger partial charge >= 0.3 is 12.1 Å². The third-order valence-electron chi connectivity index (χ3n) is 5.69. The highest BCUT2D eigenvalue weighted by molar-refractivity contribution is 5.86. The second-order valence-electron chi connectivity index (χ2n) is 8.24. The first-order chi connectivity index (χ1) is 16.6. The smallest absolute Gasteiger partial charge is 0.416 e. The topological polar surface area (TPSA) is 99.6 Å². The van der Waals surface area contributed by atoms with Crippen molar-refractivity contribution in [3.05, 3.63) is 89.9 Å². The summed E-state index contributed by atoms with van der Waals surface area (Å²) in [6, 6.07) is 15.5. The van der Waals surface area contributed by atoms with Crippen LogP contribution in [0.4, 0.5) is 13.2 Å². The van der Waals surface area contributed by atoms with Crippen LogP contribution in [-0.2, 0) is 32.3 Å². The summed E-state index contributed by atoms with van der Waals surface area (Å²) < 4.78 is 45.6. The Kier molecular flexibility index (Phi) is 6.29. The van der Waals surface area contributed by atoms with E-state index in [1.54, 1.807) is 13.0 Å². The van der Waals surface area contributed by atoms with Crippen LogP contribution in [0.15, 0.2) is 73.1 Å². The average Bonchev–Trinajstić information content (AvgIpc) is 3.27. The standard InChI is InChI=1S/C25H21F3N4O3/c1-24(23(34)35-15-21(29)33,13-16-5-3-2-4-6-16)20-11-12-30-22-19(14-31-32(20)22)17-7-9-18(10-8-17)25(26,27)28/h2-12,14H,13,15H2,1H3,(H2,29,33). The minimum absolute atomic E-state index is 0.222. The number of esters is 1. The summed E-state index contributed by atoms with van der Waals surface area (Å²) in [5, 5.41) is 4.38. The largest absolute Gasteiger partial charge is 0.455 e. The number of rotatable bonds is 7. The van der Waals surface area contributed by atoms with E-state index in [2.05, 4.69) is 10.1 Å². The molecule has 1 amide bonds. The van der Waals surface area contributed by atoms with Gasteiger partial charge in [0.25, 0.3) is 5.91 Å². The maximum absolute atomic E-state index is 13.2. The molecular weight excluding hydrogens is 461 g/mol. The quantitative estimate of drug-likeness (QED) is 0.402. The highest BCUT2D eigenvalue weighted by Crippen LogP contribution is 2.34. The monoisotopic (exact) mass is 482 g/mol. The lowest BCUT2D eigenvalue weighted by Gasteiger charge is -2.28. The Hall–Kier alpha value is -4.21. The van der Waals surface area contributed by atoms with Crippen LogP contribution in [0, 0.1) is 0 Å². The van der Waals surface area contributed by atoms with Crippen LogP contribution in [0.2, 0.25) is 0 Å². The number of nitrogens with two attached hydrogens (primary N) is 1. The van der Waals surface area contributed by atoms with Crippen LogP contribution in [0.3, 0.4) is 0 Å². The normalized spacial score (nSPS) is 13.4. The molecule has 1 unspecified atom stereocenters. The fraction of sp³-hybridized carbons (Fsp3) is 0.200. The first-order valence-electron chi connectivity index (χ1n) is 10.6. The maximum Gasteiger partial charge on any atom is 0.416 e. The molecule has 180 valence electrons. The van der Waals surface area contributed by atoms with Crippen molar-refractivity contribution in [2.75, 3.05) is 6.61 Å². The average molecular weight is 482 g/mol. The molecule has 0 aliphatic heterocycles. The predicted molar refractivity (Wildman–Crippen MR) is 121 cm³/mol. The zero-order chi connectivity index (χ0) is 25.2. The third-order valence-corrected chi connectivity index (χ3v) is 5.69. The van der Waals surface area contributed by atoms with E-state index < -0.39 is 35.6 Å². The molecule has 0 saturated heterocycles.